The van der Waals surface area contributed by atoms with Crippen LogP contribution < -0.4 is 14.9 Å². The molecule has 0 unspecified atom stereocenters. The minimum atomic E-state index is -0.248. The van der Waals surface area contributed by atoms with E-state index in [-0.39, 0.29) is 5.91 Å². The lowest BCUT2D eigenvalue weighted by molar-refractivity contribution is 0.0955. The van der Waals surface area contributed by atoms with Crippen molar-refractivity contribution in [3.05, 3.63) is 81.5 Å². The molecule has 0 aliphatic rings. The van der Waals surface area contributed by atoms with Gasteiger partial charge in [-0.2, -0.15) is 5.10 Å². The Labute approximate surface area is 168 Å². The molecule has 3 rings (SSSR count). The number of carbonyl (C=O) groups excluding carboxylic acids is 1. The van der Waals surface area contributed by atoms with E-state index in [1.54, 1.807) is 36.8 Å². The minimum absolute atomic E-state index is 0.248. The molecular weight excluding hydrogens is 372 g/mol. The maximum Gasteiger partial charge on any atom is 0.271 e. The van der Waals surface area contributed by atoms with E-state index in [9.17, 15) is 4.79 Å². The first-order chi connectivity index (χ1) is 13.7. The average molecular weight is 394 g/mol. The molecule has 28 heavy (non-hydrogen) atoms. The summed E-state index contributed by atoms with van der Waals surface area (Å²) in [6, 6.07) is 17.0. The lowest BCUT2D eigenvalue weighted by Crippen LogP contribution is -2.17. The van der Waals surface area contributed by atoms with Gasteiger partial charge in [0, 0.05) is 10.4 Å². The van der Waals surface area contributed by atoms with Gasteiger partial charge in [-0.3, -0.25) is 4.79 Å². The van der Waals surface area contributed by atoms with Gasteiger partial charge in [-0.25, -0.2) is 5.43 Å². The van der Waals surface area contributed by atoms with Crippen LogP contribution in [0.5, 0.6) is 11.5 Å². The summed E-state index contributed by atoms with van der Waals surface area (Å²) in [7, 11) is 1.59. The largest absolute Gasteiger partial charge is 0.493 e. The van der Waals surface area contributed by atoms with Gasteiger partial charge in [0.1, 0.15) is 6.61 Å². The SMILES string of the molecule is CCc1ccc(C(=O)N/N=C\c2ccc(OCc3cccs3)c(OC)c2)cc1. The first-order valence-corrected chi connectivity index (χ1v) is 9.83. The van der Waals surface area contributed by atoms with Crippen LogP contribution in [0.3, 0.4) is 0 Å². The molecule has 0 spiro atoms. The predicted molar refractivity (Wildman–Crippen MR) is 113 cm³/mol. The van der Waals surface area contributed by atoms with Crippen molar-refractivity contribution in [2.24, 2.45) is 5.10 Å². The summed E-state index contributed by atoms with van der Waals surface area (Å²) in [6.45, 7) is 2.57. The lowest BCUT2D eigenvalue weighted by atomic mass is 10.1. The van der Waals surface area contributed by atoms with Gasteiger partial charge in [-0.15, -0.1) is 11.3 Å². The molecule has 1 N–H and O–H groups in total. The normalized spacial score (nSPS) is 10.8. The number of methoxy groups -OCH3 is 1. The average Bonchev–Trinajstić information content (AvgIpc) is 3.26. The molecule has 0 bridgehead atoms. The van der Waals surface area contributed by atoms with Crippen LogP contribution >= 0.6 is 11.3 Å². The molecule has 0 radical (unpaired) electrons. The van der Waals surface area contributed by atoms with Crippen LogP contribution in [0.15, 0.2) is 65.1 Å². The van der Waals surface area contributed by atoms with Crippen molar-refractivity contribution < 1.29 is 14.3 Å². The van der Waals surface area contributed by atoms with Crippen LogP contribution in [0.4, 0.5) is 0 Å². The zero-order valence-corrected chi connectivity index (χ0v) is 16.7. The number of rotatable bonds is 8. The summed E-state index contributed by atoms with van der Waals surface area (Å²) in [5.74, 6) is 1.02. The molecule has 1 amide bonds. The molecule has 6 heteroatoms. The first kappa shape index (κ1) is 19.6. The van der Waals surface area contributed by atoms with Crippen molar-refractivity contribution in [2.75, 3.05) is 7.11 Å². The van der Waals surface area contributed by atoms with Gasteiger partial charge >= 0.3 is 0 Å². The van der Waals surface area contributed by atoms with Crippen molar-refractivity contribution in [3.8, 4) is 11.5 Å². The zero-order valence-electron chi connectivity index (χ0n) is 15.8. The molecule has 0 saturated heterocycles. The third-order valence-electron chi connectivity index (χ3n) is 4.14. The standard InChI is InChI=1S/C22H22N2O3S/c1-3-16-6-9-18(10-7-16)22(25)24-23-14-17-8-11-20(21(13-17)26-2)27-15-19-5-4-12-28-19/h4-14H,3,15H2,1-2H3,(H,24,25)/b23-14-. The highest BCUT2D eigenvalue weighted by Gasteiger charge is 2.07. The molecule has 2 aromatic carbocycles. The van der Waals surface area contributed by atoms with E-state index in [4.69, 9.17) is 9.47 Å². The summed E-state index contributed by atoms with van der Waals surface area (Å²) in [4.78, 5) is 13.3. The number of hydrazone groups is 1. The van der Waals surface area contributed by atoms with Crippen molar-refractivity contribution in [1.29, 1.82) is 0 Å². The smallest absolute Gasteiger partial charge is 0.271 e. The van der Waals surface area contributed by atoms with Gasteiger partial charge in [0.2, 0.25) is 0 Å². The lowest BCUT2D eigenvalue weighted by Gasteiger charge is -2.10. The van der Waals surface area contributed by atoms with Gasteiger partial charge in [-0.1, -0.05) is 25.1 Å². The van der Waals surface area contributed by atoms with Gasteiger partial charge in [-0.05, 0) is 59.3 Å². The molecule has 5 nitrogen and oxygen atoms in total. The Kier molecular flexibility index (Phi) is 6.81. The van der Waals surface area contributed by atoms with Crippen LogP contribution in [0.1, 0.15) is 33.3 Å². The van der Waals surface area contributed by atoms with Crippen molar-refractivity contribution in [3.63, 3.8) is 0 Å². The Hall–Kier alpha value is -3.12. The first-order valence-electron chi connectivity index (χ1n) is 8.95. The fourth-order valence-corrected chi connectivity index (χ4v) is 3.17. The molecule has 1 heterocycles. The summed E-state index contributed by atoms with van der Waals surface area (Å²) in [5, 5.41) is 6.05. The third-order valence-corrected chi connectivity index (χ3v) is 4.99. The molecule has 0 aliphatic heterocycles. The zero-order chi connectivity index (χ0) is 19.8. The summed E-state index contributed by atoms with van der Waals surface area (Å²) in [6.07, 6.45) is 2.51. The fraction of sp³-hybridized carbons (Fsp3) is 0.182. The van der Waals surface area contributed by atoms with Crippen LogP contribution in [-0.2, 0) is 13.0 Å². The maximum absolute atomic E-state index is 12.1. The molecule has 0 saturated carbocycles. The molecule has 3 aromatic rings. The molecule has 144 valence electrons. The molecule has 1 aromatic heterocycles. The number of benzene rings is 2. The highest BCUT2D eigenvalue weighted by atomic mass is 32.1. The number of carbonyl (C=O) groups is 1. The van der Waals surface area contributed by atoms with E-state index in [0.29, 0.717) is 23.7 Å². The number of hydrogen-bond acceptors (Lipinski definition) is 5. The number of aryl methyl sites for hydroxylation is 1. The Morgan fingerprint density at radius 3 is 2.64 bits per heavy atom. The fourth-order valence-electron chi connectivity index (χ4n) is 2.55. The predicted octanol–water partition coefficient (Wildman–Crippen LogP) is 4.66. The third kappa shape index (κ3) is 5.20. The van der Waals surface area contributed by atoms with E-state index in [1.807, 2.05) is 47.8 Å². The highest BCUT2D eigenvalue weighted by molar-refractivity contribution is 7.09. The Bertz CT molecular complexity index is 935. The van der Waals surface area contributed by atoms with Gasteiger partial charge in [0.15, 0.2) is 11.5 Å². The number of hydrogen-bond donors (Lipinski definition) is 1. The number of ether oxygens (including phenoxy) is 2. The molecule has 0 aliphatic carbocycles. The van der Waals surface area contributed by atoms with Crippen LogP contribution in [-0.4, -0.2) is 19.2 Å². The second kappa shape index (κ2) is 9.71. The maximum atomic E-state index is 12.1. The Morgan fingerprint density at radius 1 is 1.14 bits per heavy atom. The summed E-state index contributed by atoms with van der Waals surface area (Å²) in [5.41, 5.74) is 5.10. The van der Waals surface area contributed by atoms with Crippen LogP contribution in [0.25, 0.3) is 0 Å². The minimum Gasteiger partial charge on any atom is -0.493 e. The number of nitrogens with one attached hydrogen (secondary N) is 1. The van der Waals surface area contributed by atoms with Crippen molar-refractivity contribution >= 4 is 23.5 Å². The molecule has 0 fully saturated rings. The second-order valence-corrected chi connectivity index (χ2v) is 7.06. The van der Waals surface area contributed by atoms with Crippen LogP contribution in [0, 0.1) is 0 Å². The number of thiophene rings is 1. The van der Waals surface area contributed by atoms with E-state index >= 15 is 0 Å². The van der Waals surface area contributed by atoms with Crippen molar-refractivity contribution in [2.45, 2.75) is 20.0 Å². The number of amides is 1. The Balaban J connectivity index is 1.60. The van der Waals surface area contributed by atoms with Crippen LogP contribution in [0.2, 0.25) is 0 Å². The van der Waals surface area contributed by atoms with Crippen molar-refractivity contribution in [1.82, 2.24) is 5.43 Å². The van der Waals surface area contributed by atoms with E-state index in [0.717, 1.165) is 16.9 Å². The van der Waals surface area contributed by atoms with E-state index in [1.165, 1.54) is 5.56 Å². The van der Waals surface area contributed by atoms with E-state index < -0.39 is 0 Å². The monoisotopic (exact) mass is 394 g/mol. The molecular formula is C22H22N2O3S. The summed E-state index contributed by atoms with van der Waals surface area (Å²) < 4.78 is 11.2. The second-order valence-electron chi connectivity index (χ2n) is 6.03. The van der Waals surface area contributed by atoms with Gasteiger partial charge in [0.05, 0.1) is 13.3 Å². The topological polar surface area (TPSA) is 59.9 Å². The summed E-state index contributed by atoms with van der Waals surface area (Å²) >= 11 is 1.65. The van der Waals surface area contributed by atoms with E-state index in [2.05, 4.69) is 17.5 Å². The highest BCUT2D eigenvalue weighted by Crippen LogP contribution is 2.28. The number of nitrogens with zero attached hydrogens (tertiary/aromatic N) is 1. The molecule has 0 atom stereocenters. The van der Waals surface area contributed by atoms with Gasteiger partial charge in [0.25, 0.3) is 5.91 Å². The van der Waals surface area contributed by atoms with Gasteiger partial charge < -0.3 is 9.47 Å². The quantitative estimate of drug-likeness (QED) is 0.446. The Morgan fingerprint density at radius 2 is 1.96 bits per heavy atom.